The lowest BCUT2D eigenvalue weighted by molar-refractivity contribution is -0.141. The number of amidine groups is 1. The molecule has 8 heteroatoms. The molecule has 1 saturated carbocycles. The largest absolute Gasteiger partial charge is 0.435 e. The molecule has 2 fully saturated rings. The van der Waals surface area contributed by atoms with Gasteiger partial charge in [-0.3, -0.25) is 0 Å². The average molecular weight is 406 g/mol. The van der Waals surface area contributed by atoms with Crippen LogP contribution in [-0.4, -0.2) is 39.4 Å². The molecule has 1 aliphatic carbocycles. The Labute approximate surface area is 166 Å². The van der Waals surface area contributed by atoms with Gasteiger partial charge >= 0.3 is 6.18 Å². The maximum absolute atomic E-state index is 13.1. The molecule has 0 N–H and O–H groups in total. The second-order valence-corrected chi connectivity index (χ2v) is 8.54. The molecule has 1 unspecified atom stereocenters. The standard InChI is InChI=1S/C20H21F3N4S/c21-20(22,23)18-12-17(14-3-4-14)27(24-18)15-7-5-13(6-8-15)16-2-1-9-26-10-11-28-25-19(16)26/h5-8,12,14,16H,1-4,9-11H2. The summed E-state index contributed by atoms with van der Waals surface area (Å²) in [6.45, 7) is 2.10. The molecule has 0 spiro atoms. The van der Waals surface area contributed by atoms with Gasteiger partial charge in [0.1, 0.15) is 5.84 Å². The zero-order valence-electron chi connectivity index (χ0n) is 15.3. The first kappa shape index (κ1) is 18.1. The normalized spacial score (nSPS) is 22.8. The van der Waals surface area contributed by atoms with Crippen molar-refractivity contribution in [3.8, 4) is 5.69 Å². The highest BCUT2D eigenvalue weighted by atomic mass is 32.2. The number of aromatic nitrogens is 2. The molecule has 1 aromatic heterocycles. The summed E-state index contributed by atoms with van der Waals surface area (Å²) in [7, 11) is 0. The topological polar surface area (TPSA) is 33.4 Å². The highest BCUT2D eigenvalue weighted by Crippen LogP contribution is 2.43. The first-order valence-corrected chi connectivity index (χ1v) is 10.7. The van der Waals surface area contributed by atoms with Crippen LogP contribution in [0.4, 0.5) is 13.2 Å². The fourth-order valence-electron chi connectivity index (χ4n) is 4.14. The van der Waals surface area contributed by atoms with E-state index in [0.717, 1.165) is 50.4 Å². The fraction of sp³-hybridized carbons (Fsp3) is 0.500. The van der Waals surface area contributed by atoms with Crippen LogP contribution in [0.2, 0.25) is 0 Å². The highest BCUT2D eigenvalue weighted by molar-refractivity contribution is 7.98. The smallest absolute Gasteiger partial charge is 0.358 e. The van der Waals surface area contributed by atoms with Crippen LogP contribution in [0.15, 0.2) is 34.7 Å². The van der Waals surface area contributed by atoms with Crippen LogP contribution in [0.5, 0.6) is 0 Å². The van der Waals surface area contributed by atoms with Crippen molar-refractivity contribution in [2.75, 3.05) is 18.8 Å². The summed E-state index contributed by atoms with van der Waals surface area (Å²) >= 11 is 1.62. The zero-order chi connectivity index (χ0) is 19.3. The van der Waals surface area contributed by atoms with E-state index in [9.17, 15) is 13.2 Å². The maximum atomic E-state index is 13.1. The van der Waals surface area contributed by atoms with Gasteiger partial charge in [-0.2, -0.15) is 18.3 Å². The SMILES string of the molecule is FC(F)(F)c1cc(C2CC2)n(-c2ccc(C3CCCN4CCSN=C34)cc2)n1. The lowest BCUT2D eigenvalue weighted by Gasteiger charge is -2.37. The summed E-state index contributed by atoms with van der Waals surface area (Å²) in [5.74, 6) is 2.62. The van der Waals surface area contributed by atoms with Crippen molar-refractivity contribution in [1.29, 1.82) is 0 Å². The van der Waals surface area contributed by atoms with Gasteiger partial charge in [-0.15, -0.1) is 0 Å². The van der Waals surface area contributed by atoms with E-state index in [4.69, 9.17) is 0 Å². The van der Waals surface area contributed by atoms with Crippen molar-refractivity contribution in [3.05, 3.63) is 47.3 Å². The van der Waals surface area contributed by atoms with Crippen molar-refractivity contribution >= 4 is 17.8 Å². The van der Waals surface area contributed by atoms with E-state index >= 15 is 0 Å². The van der Waals surface area contributed by atoms with Crippen LogP contribution < -0.4 is 0 Å². The van der Waals surface area contributed by atoms with Gasteiger partial charge < -0.3 is 4.90 Å². The molecule has 1 atom stereocenters. The summed E-state index contributed by atoms with van der Waals surface area (Å²) in [6.07, 6.45) is -0.372. The lowest BCUT2D eigenvalue weighted by atomic mass is 9.89. The monoisotopic (exact) mass is 406 g/mol. The molecule has 28 heavy (non-hydrogen) atoms. The van der Waals surface area contributed by atoms with Crippen LogP contribution >= 0.6 is 11.9 Å². The van der Waals surface area contributed by atoms with E-state index in [2.05, 4.69) is 14.4 Å². The molecule has 0 radical (unpaired) electrons. The number of nitrogens with zero attached hydrogens (tertiary/aromatic N) is 4. The van der Waals surface area contributed by atoms with Crippen molar-refractivity contribution in [2.45, 2.75) is 43.7 Å². The number of hydrogen-bond donors (Lipinski definition) is 0. The van der Waals surface area contributed by atoms with E-state index in [1.54, 1.807) is 11.9 Å². The zero-order valence-corrected chi connectivity index (χ0v) is 16.1. The third kappa shape index (κ3) is 3.32. The number of piperidine rings is 1. The van der Waals surface area contributed by atoms with E-state index < -0.39 is 11.9 Å². The number of hydrogen-bond acceptors (Lipinski definition) is 4. The lowest BCUT2D eigenvalue weighted by Crippen LogP contribution is -2.42. The molecule has 3 heterocycles. The number of rotatable bonds is 3. The van der Waals surface area contributed by atoms with Gasteiger partial charge in [-0.1, -0.05) is 12.1 Å². The van der Waals surface area contributed by atoms with Gasteiger partial charge in [-0.05, 0) is 61.4 Å². The third-order valence-electron chi connectivity index (χ3n) is 5.73. The molecule has 1 saturated heterocycles. The molecule has 2 aliphatic heterocycles. The summed E-state index contributed by atoms with van der Waals surface area (Å²) in [4.78, 5) is 2.37. The summed E-state index contributed by atoms with van der Waals surface area (Å²) in [5, 5.41) is 3.88. The molecular formula is C20H21F3N4S. The third-order valence-corrected chi connectivity index (χ3v) is 6.41. The summed E-state index contributed by atoms with van der Waals surface area (Å²) < 4.78 is 45.6. The molecule has 0 amide bonds. The number of alkyl halides is 3. The number of fused-ring (bicyclic) bond motifs is 1. The Balaban J connectivity index is 1.46. The second-order valence-electron chi connectivity index (χ2n) is 7.69. The van der Waals surface area contributed by atoms with Crippen LogP contribution in [0.1, 0.15) is 54.5 Å². The van der Waals surface area contributed by atoms with Gasteiger partial charge in [0, 0.05) is 36.4 Å². The van der Waals surface area contributed by atoms with Gasteiger partial charge in [0.25, 0.3) is 0 Å². The van der Waals surface area contributed by atoms with Gasteiger partial charge in [-0.25, -0.2) is 9.08 Å². The van der Waals surface area contributed by atoms with Crippen LogP contribution in [0.25, 0.3) is 5.69 Å². The van der Waals surface area contributed by atoms with Crippen molar-refractivity contribution in [1.82, 2.24) is 14.7 Å². The van der Waals surface area contributed by atoms with E-state index in [-0.39, 0.29) is 11.8 Å². The summed E-state index contributed by atoms with van der Waals surface area (Å²) in [5.41, 5.74) is 1.71. The maximum Gasteiger partial charge on any atom is 0.435 e. The molecule has 5 rings (SSSR count). The Hall–Kier alpha value is -1.96. The van der Waals surface area contributed by atoms with Gasteiger partial charge in [0.15, 0.2) is 5.69 Å². The highest BCUT2D eigenvalue weighted by Gasteiger charge is 2.38. The first-order chi connectivity index (χ1) is 13.5. The van der Waals surface area contributed by atoms with E-state index in [1.807, 2.05) is 24.3 Å². The molecule has 1 aromatic carbocycles. The van der Waals surface area contributed by atoms with Crippen molar-refractivity contribution in [2.24, 2.45) is 4.40 Å². The van der Waals surface area contributed by atoms with Crippen LogP contribution in [0.3, 0.4) is 0 Å². The fourth-order valence-corrected chi connectivity index (χ4v) is 4.90. The van der Waals surface area contributed by atoms with Crippen LogP contribution in [0, 0.1) is 0 Å². The molecular weight excluding hydrogens is 385 g/mol. The van der Waals surface area contributed by atoms with Crippen molar-refractivity contribution in [3.63, 3.8) is 0 Å². The predicted octanol–water partition coefficient (Wildman–Crippen LogP) is 5.01. The van der Waals surface area contributed by atoms with E-state index in [0.29, 0.717) is 11.4 Å². The summed E-state index contributed by atoms with van der Waals surface area (Å²) in [6, 6.07) is 9.04. The minimum atomic E-state index is -4.42. The minimum Gasteiger partial charge on any atom is -0.358 e. The van der Waals surface area contributed by atoms with Crippen LogP contribution in [-0.2, 0) is 6.18 Å². The Bertz CT molecular complexity index is 899. The predicted molar refractivity (Wildman–Crippen MR) is 104 cm³/mol. The number of halogens is 3. The molecule has 3 aliphatic rings. The van der Waals surface area contributed by atoms with Gasteiger partial charge in [0.2, 0.25) is 0 Å². The van der Waals surface area contributed by atoms with Crippen molar-refractivity contribution < 1.29 is 13.2 Å². The Morgan fingerprint density at radius 3 is 2.54 bits per heavy atom. The Kier molecular flexibility index (Phi) is 4.41. The number of benzene rings is 1. The Morgan fingerprint density at radius 1 is 1.04 bits per heavy atom. The minimum absolute atomic E-state index is 0.184. The second kappa shape index (κ2) is 6.83. The molecule has 0 bridgehead atoms. The Morgan fingerprint density at radius 2 is 1.82 bits per heavy atom. The molecule has 4 nitrogen and oxygen atoms in total. The van der Waals surface area contributed by atoms with Gasteiger partial charge in [0.05, 0.1) is 5.69 Å². The van der Waals surface area contributed by atoms with E-state index in [1.165, 1.54) is 16.3 Å². The molecule has 148 valence electrons. The quantitative estimate of drug-likeness (QED) is 0.672. The average Bonchev–Trinajstić information content (AvgIpc) is 3.44. The first-order valence-electron chi connectivity index (χ1n) is 9.73. The molecule has 2 aromatic rings.